The number of rotatable bonds is 3. The van der Waals surface area contributed by atoms with Crippen molar-refractivity contribution in [3.63, 3.8) is 0 Å². The Morgan fingerprint density at radius 1 is 1.40 bits per heavy atom. The lowest BCUT2D eigenvalue weighted by Crippen LogP contribution is -2.56. The number of carbonyl (C=O) groups excluding carboxylic acids is 1. The van der Waals surface area contributed by atoms with Crippen molar-refractivity contribution < 1.29 is 13.9 Å². The van der Waals surface area contributed by atoms with Crippen LogP contribution < -0.4 is 10.1 Å². The Hall–Kier alpha value is -1.62. The summed E-state index contributed by atoms with van der Waals surface area (Å²) in [4.78, 5) is 14.1. The number of halogens is 1. The fourth-order valence-corrected chi connectivity index (χ4v) is 2.64. The molecule has 1 fully saturated rings. The standard InChI is InChI=1S/C15H21FN2O2/c1-10-8-18(9-11(2)17-10)15(19)7-12-4-5-14(20-3)13(16)6-12/h4-6,10-11,17H,7-9H2,1-3H3/t10-,11-/m1/s1. The molecule has 1 aliphatic heterocycles. The minimum Gasteiger partial charge on any atom is -0.494 e. The number of hydrogen-bond acceptors (Lipinski definition) is 3. The van der Waals surface area contributed by atoms with Gasteiger partial charge in [0.2, 0.25) is 5.91 Å². The largest absolute Gasteiger partial charge is 0.494 e. The molecule has 20 heavy (non-hydrogen) atoms. The third kappa shape index (κ3) is 3.48. The topological polar surface area (TPSA) is 41.6 Å². The van der Waals surface area contributed by atoms with Crippen LogP contribution in [0.15, 0.2) is 18.2 Å². The van der Waals surface area contributed by atoms with E-state index in [-0.39, 0.29) is 30.2 Å². The van der Waals surface area contributed by atoms with Crippen LogP contribution in [0.25, 0.3) is 0 Å². The number of benzene rings is 1. The summed E-state index contributed by atoms with van der Waals surface area (Å²) in [5.74, 6) is -0.194. The number of ether oxygens (including phenoxy) is 1. The van der Waals surface area contributed by atoms with Crippen LogP contribution in [-0.4, -0.2) is 43.1 Å². The zero-order chi connectivity index (χ0) is 14.7. The normalized spacial score (nSPS) is 22.7. The number of nitrogens with zero attached hydrogens (tertiary/aromatic N) is 1. The summed E-state index contributed by atoms with van der Waals surface area (Å²) in [5.41, 5.74) is 0.673. The van der Waals surface area contributed by atoms with E-state index in [9.17, 15) is 9.18 Å². The van der Waals surface area contributed by atoms with Crippen LogP contribution in [0.3, 0.4) is 0 Å². The SMILES string of the molecule is COc1ccc(CC(=O)N2C[C@@H](C)N[C@H](C)C2)cc1F. The van der Waals surface area contributed by atoms with Crippen molar-refractivity contribution in [2.45, 2.75) is 32.4 Å². The average Bonchev–Trinajstić information content (AvgIpc) is 2.37. The molecule has 1 aliphatic rings. The van der Waals surface area contributed by atoms with Crippen LogP contribution in [0, 0.1) is 5.82 Å². The van der Waals surface area contributed by atoms with Crippen LogP contribution in [0.5, 0.6) is 5.75 Å². The van der Waals surface area contributed by atoms with E-state index in [1.165, 1.54) is 13.2 Å². The van der Waals surface area contributed by atoms with Gasteiger partial charge in [0.1, 0.15) is 0 Å². The van der Waals surface area contributed by atoms with Crippen LogP contribution >= 0.6 is 0 Å². The summed E-state index contributed by atoms with van der Waals surface area (Å²) in [7, 11) is 1.42. The first kappa shape index (κ1) is 14.8. The second kappa shape index (κ2) is 6.22. The first-order valence-corrected chi connectivity index (χ1v) is 6.86. The Labute approximate surface area is 118 Å². The molecule has 1 amide bonds. The Morgan fingerprint density at radius 3 is 2.60 bits per heavy atom. The second-order valence-electron chi connectivity index (χ2n) is 5.41. The van der Waals surface area contributed by atoms with E-state index < -0.39 is 5.82 Å². The fourth-order valence-electron chi connectivity index (χ4n) is 2.64. The first-order valence-electron chi connectivity index (χ1n) is 6.86. The molecule has 4 nitrogen and oxygen atoms in total. The monoisotopic (exact) mass is 280 g/mol. The molecule has 0 radical (unpaired) electrons. The van der Waals surface area contributed by atoms with E-state index >= 15 is 0 Å². The quantitative estimate of drug-likeness (QED) is 0.914. The summed E-state index contributed by atoms with van der Waals surface area (Å²) >= 11 is 0. The molecule has 2 rings (SSSR count). The van der Waals surface area contributed by atoms with E-state index in [4.69, 9.17) is 4.74 Å². The molecule has 0 unspecified atom stereocenters. The maximum absolute atomic E-state index is 13.6. The predicted octanol–water partition coefficient (Wildman–Crippen LogP) is 1.59. The lowest BCUT2D eigenvalue weighted by Gasteiger charge is -2.36. The van der Waals surface area contributed by atoms with Crippen LogP contribution in [0.1, 0.15) is 19.4 Å². The van der Waals surface area contributed by atoms with Crippen molar-refractivity contribution in [3.05, 3.63) is 29.6 Å². The van der Waals surface area contributed by atoms with Crippen molar-refractivity contribution in [2.24, 2.45) is 0 Å². The summed E-state index contributed by atoms with van der Waals surface area (Å²) in [5, 5.41) is 3.38. The van der Waals surface area contributed by atoms with Crippen molar-refractivity contribution in [1.29, 1.82) is 0 Å². The average molecular weight is 280 g/mol. The molecule has 1 aromatic rings. The molecule has 0 aliphatic carbocycles. The molecule has 1 heterocycles. The van der Waals surface area contributed by atoms with Crippen molar-refractivity contribution in [1.82, 2.24) is 10.2 Å². The highest BCUT2D eigenvalue weighted by molar-refractivity contribution is 5.79. The molecule has 110 valence electrons. The first-order chi connectivity index (χ1) is 9.49. The molecule has 1 aromatic carbocycles. The molecule has 0 aromatic heterocycles. The van der Waals surface area contributed by atoms with Gasteiger partial charge in [-0.05, 0) is 31.5 Å². The third-order valence-corrected chi connectivity index (χ3v) is 3.48. The lowest BCUT2D eigenvalue weighted by atomic mass is 10.1. The van der Waals surface area contributed by atoms with Gasteiger partial charge >= 0.3 is 0 Å². The van der Waals surface area contributed by atoms with Crippen LogP contribution in [0.4, 0.5) is 4.39 Å². The summed E-state index contributed by atoms with van der Waals surface area (Å²) in [6, 6.07) is 5.23. The Kier molecular flexibility index (Phi) is 4.60. The Bertz CT molecular complexity index is 483. The van der Waals surface area contributed by atoms with Gasteiger partial charge in [0, 0.05) is 25.2 Å². The summed E-state index contributed by atoms with van der Waals surface area (Å²) in [6.07, 6.45) is 0.223. The van der Waals surface area contributed by atoms with Gasteiger partial charge in [-0.2, -0.15) is 0 Å². The van der Waals surface area contributed by atoms with Crippen molar-refractivity contribution in [2.75, 3.05) is 20.2 Å². The number of nitrogens with one attached hydrogen (secondary N) is 1. The number of piperazine rings is 1. The van der Waals surface area contributed by atoms with Crippen LogP contribution in [-0.2, 0) is 11.2 Å². The van der Waals surface area contributed by atoms with E-state index in [0.29, 0.717) is 18.7 Å². The van der Waals surface area contributed by atoms with Gasteiger partial charge in [0.05, 0.1) is 13.5 Å². The number of methoxy groups -OCH3 is 1. The van der Waals surface area contributed by atoms with Gasteiger partial charge in [0.25, 0.3) is 0 Å². The van der Waals surface area contributed by atoms with Gasteiger partial charge in [-0.15, -0.1) is 0 Å². The Morgan fingerprint density at radius 2 is 2.05 bits per heavy atom. The van der Waals surface area contributed by atoms with Gasteiger partial charge in [-0.3, -0.25) is 4.79 Å². The molecule has 0 saturated carbocycles. The highest BCUT2D eigenvalue weighted by Crippen LogP contribution is 2.18. The summed E-state index contributed by atoms with van der Waals surface area (Å²) < 4.78 is 18.5. The van der Waals surface area contributed by atoms with Gasteiger partial charge in [-0.25, -0.2) is 4.39 Å². The highest BCUT2D eigenvalue weighted by Gasteiger charge is 2.24. The smallest absolute Gasteiger partial charge is 0.227 e. The number of hydrogen-bond donors (Lipinski definition) is 1. The van der Waals surface area contributed by atoms with Gasteiger partial charge < -0.3 is 15.0 Å². The van der Waals surface area contributed by atoms with Crippen molar-refractivity contribution in [3.8, 4) is 5.75 Å². The van der Waals surface area contributed by atoms with Crippen molar-refractivity contribution >= 4 is 5.91 Å². The highest BCUT2D eigenvalue weighted by atomic mass is 19.1. The van der Waals surface area contributed by atoms with E-state index in [0.717, 1.165) is 0 Å². The summed E-state index contributed by atoms with van der Waals surface area (Å²) in [6.45, 7) is 5.51. The van der Waals surface area contributed by atoms with Crippen LogP contribution in [0.2, 0.25) is 0 Å². The van der Waals surface area contributed by atoms with Gasteiger partial charge in [-0.1, -0.05) is 6.07 Å². The zero-order valence-corrected chi connectivity index (χ0v) is 12.1. The molecule has 1 saturated heterocycles. The molecular weight excluding hydrogens is 259 g/mol. The molecule has 2 atom stereocenters. The number of amides is 1. The van der Waals surface area contributed by atoms with E-state index in [2.05, 4.69) is 19.2 Å². The second-order valence-corrected chi connectivity index (χ2v) is 5.41. The maximum atomic E-state index is 13.6. The lowest BCUT2D eigenvalue weighted by molar-refractivity contribution is -0.132. The van der Waals surface area contributed by atoms with E-state index in [1.54, 1.807) is 12.1 Å². The predicted molar refractivity (Wildman–Crippen MR) is 75.3 cm³/mol. The minimum atomic E-state index is -0.431. The molecule has 0 bridgehead atoms. The minimum absolute atomic E-state index is 0.0368. The Balaban J connectivity index is 2.02. The maximum Gasteiger partial charge on any atom is 0.227 e. The molecule has 0 spiro atoms. The zero-order valence-electron chi connectivity index (χ0n) is 12.1. The molecule has 1 N–H and O–H groups in total. The number of carbonyl (C=O) groups is 1. The fraction of sp³-hybridized carbons (Fsp3) is 0.533. The van der Waals surface area contributed by atoms with Gasteiger partial charge in [0.15, 0.2) is 11.6 Å². The third-order valence-electron chi connectivity index (χ3n) is 3.48. The van der Waals surface area contributed by atoms with E-state index in [1.807, 2.05) is 4.90 Å². The molecule has 5 heteroatoms. The molecular formula is C15H21FN2O2.